The number of fused-ring (bicyclic) bond motifs is 1. The normalized spacial score (nSPS) is 12.2. The second kappa shape index (κ2) is 4.92. The number of carbonyl (C=O) groups is 1. The number of para-hydroxylation sites is 1. The number of aromatic nitrogens is 1. The molecule has 0 aliphatic rings. The number of nitrogens with zero attached hydrogens (tertiary/aromatic N) is 2. The van der Waals surface area contributed by atoms with E-state index in [-0.39, 0.29) is 4.90 Å². The van der Waals surface area contributed by atoms with Crippen LogP contribution >= 0.6 is 0 Å². The Balaban J connectivity index is 2.69. The zero-order valence-electron chi connectivity index (χ0n) is 11.5. The van der Waals surface area contributed by atoms with E-state index in [1.165, 1.54) is 7.05 Å². The molecule has 0 bridgehead atoms. The van der Waals surface area contributed by atoms with E-state index >= 15 is 0 Å². The van der Waals surface area contributed by atoms with Crippen LogP contribution in [0, 0.1) is 6.92 Å². The first-order valence-corrected chi connectivity index (χ1v) is 7.43. The van der Waals surface area contributed by atoms with Crippen LogP contribution < -0.4 is 0 Å². The molecule has 0 aliphatic heterocycles. The number of hydrogen-bond donors (Lipinski definition) is 1. The molecule has 1 N–H and O–H groups in total. The monoisotopic (exact) mass is 296 g/mol. The Morgan fingerprint density at radius 2 is 1.95 bits per heavy atom. The minimum Gasteiger partial charge on any atom is -0.480 e. The van der Waals surface area contributed by atoms with Gasteiger partial charge in [0.15, 0.2) is 0 Å². The molecule has 0 fully saturated rings. The van der Waals surface area contributed by atoms with E-state index in [0.717, 1.165) is 9.82 Å². The Kier molecular flexibility index (Phi) is 3.58. The average Bonchev–Trinajstić information content (AvgIpc) is 2.62. The van der Waals surface area contributed by atoms with E-state index < -0.39 is 22.5 Å². The van der Waals surface area contributed by atoms with Crippen LogP contribution in [0.4, 0.5) is 0 Å². The van der Waals surface area contributed by atoms with Gasteiger partial charge in [0.05, 0.1) is 0 Å². The van der Waals surface area contributed by atoms with Crippen LogP contribution in [0.3, 0.4) is 0 Å². The van der Waals surface area contributed by atoms with Crippen molar-refractivity contribution < 1.29 is 18.3 Å². The minimum absolute atomic E-state index is 0.166. The van der Waals surface area contributed by atoms with Gasteiger partial charge in [0.25, 0.3) is 0 Å². The molecular weight excluding hydrogens is 280 g/mol. The van der Waals surface area contributed by atoms with Gasteiger partial charge in [0.2, 0.25) is 10.0 Å². The van der Waals surface area contributed by atoms with Crippen molar-refractivity contribution in [3.8, 4) is 0 Å². The molecule has 0 saturated heterocycles. The van der Waals surface area contributed by atoms with Crippen LogP contribution in [0.1, 0.15) is 5.69 Å². The van der Waals surface area contributed by atoms with Crippen LogP contribution in [0.15, 0.2) is 29.2 Å². The maximum atomic E-state index is 12.6. The molecule has 0 radical (unpaired) electrons. The summed E-state index contributed by atoms with van der Waals surface area (Å²) in [5.74, 6) is -1.19. The standard InChI is InChI=1S/C13H16N2O4S/c1-9-13(20(18,19)14(2)8-12(16)17)10-6-4-5-7-11(10)15(9)3/h4-7H,8H2,1-3H3,(H,16,17). The lowest BCUT2D eigenvalue weighted by Crippen LogP contribution is -2.32. The molecule has 0 unspecified atom stereocenters. The molecule has 1 heterocycles. The molecule has 20 heavy (non-hydrogen) atoms. The van der Waals surface area contributed by atoms with E-state index in [9.17, 15) is 13.2 Å². The van der Waals surface area contributed by atoms with E-state index in [0.29, 0.717) is 11.1 Å². The third kappa shape index (κ3) is 2.19. The zero-order chi connectivity index (χ0) is 15.1. The highest BCUT2D eigenvalue weighted by molar-refractivity contribution is 7.89. The summed E-state index contributed by atoms with van der Waals surface area (Å²) in [6.07, 6.45) is 0. The lowest BCUT2D eigenvalue weighted by atomic mass is 10.2. The Morgan fingerprint density at radius 1 is 1.35 bits per heavy atom. The first kappa shape index (κ1) is 14.5. The summed E-state index contributed by atoms with van der Waals surface area (Å²) in [7, 11) is -0.785. The maximum absolute atomic E-state index is 12.6. The van der Waals surface area contributed by atoms with Gasteiger partial charge >= 0.3 is 5.97 Å². The van der Waals surface area contributed by atoms with Crippen molar-refractivity contribution in [2.45, 2.75) is 11.8 Å². The van der Waals surface area contributed by atoms with E-state index in [2.05, 4.69) is 0 Å². The molecule has 0 aliphatic carbocycles. The molecule has 0 saturated carbocycles. The van der Waals surface area contributed by atoms with E-state index in [4.69, 9.17) is 5.11 Å². The number of benzene rings is 1. The van der Waals surface area contributed by atoms with Gasteiger partial charge < -0.3 is 9.67 Å². The highest BCUT2D eigenvalue weighted by Gasteiger charge is 2.29. The minimum atomic E-state index is -3.84. The summed E-state index contributed by atoms with van der Waals surface area (Å²) in [6.45, 7) is 1.15. The molecule has 7 heteroatoms. The highest BCUT2D eigenvalue weighted by atomic mass is 32.2. The number of carboxylic acid groups (broad SMARTS) is 1. The van der Waals surface area contributed by atoms with Gasteiger partial charge in [-0.05, 0) is 13.0 Å². The summed E-state index contributed by atoms with van der Waals surface area (Å²) >= 11 is 0. The lowest BCUT2D eigenvalue weighted by molar-refractivity contribution is -0.137. The van der Waals surface area contributed by atoms with Gasteiger partial charge in [-0.1, -0.05) is 18.2 Å². The SMILES string of the molecule is Cc1c(S(=O)(=O)N(C)CC(=O)O)c2ccccc2n1C. The van der Waals surface area contributed by atoms with Crippen molar-refractivity contribution in [3.05, 3.63) is 30.0 Å². The Bertz CT molecular complexity index is 777. The Morgan fingerprint density at radius 3 is 2.55 bits per heavy atom. The Hall–Kier alpha value is -1.86. The fourth-order valence-electron chi connectivity index (χ4n) is 2.24. The largest absolute Gasteiger partial charge is 0.480 e. The Labute approximate surface area is 117 Å². The van der Waals surface area contributed by atoms with Gasteiger partial charge in [0.1, 0.15) is 11.4 Å². The average molecular weight is 296 g/mol. The number of sulfonamides is 1. The van der Waals surface area contributed by atoms with Crippen LogP contribution in [0.2, 0.25) is 0 Å². The first-order chi connectivity index (χ1) is 9.26. The summed E-state index contributed by atoms with van der Waals surface area (Å²) in [6, 6.07) is 7.15. The maximum Gasteiger partial charge on any atom is 0.318 e. The summed E-state index contributed by atoms with van der Waals surface area (Å²) in [5.41, 5.74) is 1.38. The van der Waals surface area contributed by atoms with Gasteiger partial charge in [-0.15, -0.1) is 0 Å². The third-order valence-corrected chi connectivity index (χ3v) is 5.35. The van der Waals surface area contributed by atoms with Crippen LogP contribution in [-0.2, 0) is 21.9 Å². The smallest absolute Gasteiger partial charge is 0.318 e. The predicted octanol–water partition coefficient (Wildman–Crippen LogP) is 1.19. The molecule has 1 aromatic heterocycles. The number of aryl methyl sites for hydroxylation is 1. The van der Waals surface area contributed by atoms with Gasteiger partial charge in [-0.3, -0.25) is 4.79 Å². The van der Waals surface area contributed by atoms with Crippen molar-refractivity contribution in [1.82, 2.24) is 8.87 Å². The van der Waals surface area contributed by atoms with Crippen LogP contribution in [0.5, 0.6) is 0 Å². The number of aliphatic carboxylic acids is 1. The fourth-order valence-corrected chi connectivity index (χ4v) is 3.80. The summed E-state index contributed by atoms with van der Waals surface area (Å²) in [5, 5.41) is 9.37. The van der Waals surface area contributed by atoms with Gasteiger partial charge in [0, 0.05) is 30.7 Å². The number of hydrogen-bond acceptors (Lipinski definition) is 3. The summed E-state index contributed by atoms with van der Waals surface area (Å²) in [4.78, 5) is 10.9. The van der Waals surface area contributed by atoms with Gasteiger partial charge in [-0.2, -0.15) is 4.31 Å². The van der Waals surface area contributed by atoms with Gasteiger partial charge in [-0.25, -0.2) is 8.42 Å². The number of carboxylic acids is 1. The first-order valence-electron chi connectivity index (χ1n) is 5.99. The topological polar surface area (TPSA) is 79.6 Å². The number of rotatable bonds is 4. The molecule has 2 rings (SSSR count). The molecular formula is C13H16N2O4S. The molecule has 108 valence electrons. The number of likely N-dealkylation sites (N-methyl/N-ethyl adjacent to an activating group) is 1. The lowest BCUT2D eigenvalue weighted by Gasteiger charge is -2.15. The molecule has 1 aromatic carbocycles. The van der Waals surface area contributed by atoms with E-state index in [1.54, 1.807) is 30.7 Å². The molecule has 2 aromatic rings. The van der Waals surface area contributed by atoms with Crippen molar-refractivity contribution in [2.24, 2.45) is 7.05 Å². The zero-order valence-corrected chi connectivity index (χ0v) is 12.3. The highest BCUT2D eigenvalue weighted by Crippen LogP contribution is 2.30. The van der Waals surface area contributed by atoms with Crippen LogP contribution in [-0.4, -0.2) is 42.0 Å². The van der Waals surface area contributed by atoms with Crippen molar-refractivity contribution in [3.63, 3.8) is 0 Å². The molecule has 0 spiro atoms. The van der Waals surface area contributed by atoms with Crippen LogP contribution in [0.25, 0.3) is 10.9 Å². The van der Waals surface area contributed by atoms with Crippen molar-refractivity contribution >= 4 is 26.9 Å². The molecule has 0 amide bonds. The fraction of sp³-hybridized carbons (Fsp3) is 0.308. The quantitative estimate of drug-likeness (QED) is 0.919. The second-order valence-electron chi connectivity index (χ2n) is 4.65. The van der Waals surface area contributed by atoms with Crippen molar-refractivity contribution in [2.75, 3.05) is 13.6 Å². The second-order valence-corrected chi connectivity index (χ2v) is 6.63. The predicted molar refractivity (Wildman–Crippen MR) is 75.1 cm³/mol. The third-order valence-electron chi connectivity index (χ3n) is 3.37. The molecule has 6 nitrogen and oxygen atoms in total. The molecule has 0 atom stereocenters. The summed E-state index contributed by atoms with van der Waals surface area (Å²) < 4.78 is 27.8. The van der Waals surface area contributed by atoms with Crippen molar-refractivity contribution in [1.29, 1.82) is 0 Å². The van der Waals surface area contributed by atoms with E-state index in [1.807, 2.05) is 12.1 Å².